The summed E-state index contributed by atoms with van der Waals surface area (Å²) in [5.41, 5.74) is 1.76. The van der Waals surface area contributed by atoms with Crippen molar-refractivity contribution in [2.75, 3.05) is 15.6 Å². The van der Waals surface area contributed by atoms with Gasteiger partial charge in [0.25, 0.3) is 25.7 Å². The lowest BCUT2D eigenvalue weighted by atomic mass is 10.0. The number of hydrogen-bond acceptors (Lipinski definition) is 6. The molecule has 4 rings (SSSR count). The first-order valence-corrected chi connectivity index (χ1v) is 13.0. The van der Waals surface area contributed by atoms with Crippen LogP contribution < -0.4 is 9.03 Å². The van der Waals surface area contributed by atoms with Crippen LogP contribution in [0.3, 0.4) is 0 Å². The highest BCUT2D eigenvalue weighted by molar-refractivity contribution is 7.93. The van der Waals surface area contributed by atoms with E-state index in [0.717, 1.165) is 17.7 Å². The van der Waals surface area contributed by atoms with E-state index in [9.17, 15) is 26.9 Å². The van der Waals surface area contributed by atoms with Crippen LogP contribution in [0.2, 0.25) is 0 Å². The molecule has 1 aliphatic heterocycles. The van der Waals surface area contributed by atoms with E-state index in [1.165, 1.54) is 22.5 Å². The topological polar surface area (TPSA) is 127 Å². The lowest BCUT2D eigenvalue weighted by molar-refractivity contribution is -0.387. The van der Waals surface area contributed by atoms with Crippen molar-refractivity contribution in [2.24, 2.45) is 0 Å². The van der Waals surface area contributed by atoms with Gasteiger partial charge >= 0.3 is 0 Å². The van der Waals surface area contributed by atoms with Gasteiger partial charge in [-0.3, -0.25) is 19.1 Å². The Hall–Kier alpha value is -3.44. The predicted octanol–water partition coefficient (Wildman–Crippen LogP) is 3.85. The van der Waals surface area contributed by atoms with Gasteiger partial charge in [0.15, 0.2) is 4.90 Å². The summed E-state index contributed by atoms with van der Waals surface area (Å²) in [5.74, 6) is 0. The van der Waals surface area contributed by atoms with E-state index in [2.05, 4.69) is 4.72 Å². The Morgan fingerprint density at radius 1 is 0.970 bits per heavy atom. The summed E-state index contributed by atoms with van der Waals surface area (Å²) in [4.78, 5) is 10.2. The minimum Gasteiger partial charge on any atom is -0.279 e. The van der Waals surface area contributed by atoms with Crippen molar-refractivity contribution in [1.29, 1.82) is 0 Å². The minimum atomic E-state index is -4.23. The Morgan fingerprint density at radius 3 is 2.36 bits per heavy atom. The number of para-hydroxylation sites is 1. The van der Waals surface area contributed by atoms with Crippen molar-refractivity contribution in [1.82, 2.24) is 0 Å². The molecular weight excluding hydrogens is 466 g/mol. The van der Waals surface area contributed by atoms with Gasteiger partial charge in [0, 0.05) is 18.3 Å². The van der Waals surface area contributed by atoms with Crippen LogP contribution >= 0.6 is 0 Å². The molecule has 0 bridgehead atoms. The number of hydrogen-bond donors (Lipinski definition) is 1. The number of nitrogens with zero attached hydrogens (tertiary/aromatic N) is 2. The Balaban J connectivity index is 1.67. The molecule has 0 saturated carbocycles. The largest absolute Gasteiger partial charge is 0.289 e. The highest BCUT2D eigenvalue weighted by Gasteiger charge is 2.30. The number of nitro benzene ring substituents is 1. The lowest BCUT2D eigenvalue weighted by Gasteiger charge is -2.31. The zero-order valence-corrected chi connectivity index (χ0v) is 19.3. The molecule has 33 heavy (non-hydrogen) atoms. The molecule has 0 fully saturated rings. The number of fused-ring (bicyclic) bond motifs is 1. The third-order valence-corrected chi connectivity index (χ3v) is 8.62. The fraction of sp³-hybridized carbons (Fsp3) is 0.182. The normalized spacial score (nSPS) is 13.9. The minimum absolute atomic E-state index is 0.183. The molecule has 1 aliphatic rings. The van der Waals surface area contributed by atoms with Crippen LogP contribution in [0.25, 0.3) is 0 Å². The molecule has 9 nitrogen and oxygen atoms in total. The van der Waals surface area contributed by atoms with E-state index in [4.69, 9.17) is 0 Å². The van der Waals surface area contributed by atoms with Gasteiger partial charge < -0.3 is 0 Å². The highest BCUT2D eigenvalue weighted by Crippen LogP contribution is 2.35. The molecule has 0 amide bonds. The van der Waals surface area contributed by atoms with Gasteiger partial charge in [0.05, 0.1) is 15.5 Å². The Labute approximate surface area is 191 Å². The van der Waals surface area contributed by atoms with Crippen molar-refractivity contribution in [3.8, 4) is 0 Å². The second kappa shape index (κ2) is 8.49. The van der Waals surface area contributed by atoms with Crippen molar-refractivity contribution in [3.05, 3.63) is 88.0 Å². The average molecular weight is 488 g/mol. The first-order chi connectivity index (χ1) is 15.6. The van der Waals surface area contributed by atoms with Crippen molar-refractivity contribution < 1.29 is 21.8 Å². The van der Waals surface area contributed by atoms with Gasteiger partial charge in [-0.1, -0.05) is 29.8 Å². The monoisotopic (exact) mass is 487 g/mol. The van der Waals surface area contributed by atoms with Gasteiger partial charge in [-0.05, 0) is 61.7 Å². The number of nitro groups is 1. The molecule has 0 saturated heterocycles. The summed E-state index contributed by atoms with van der Waals surface area (Å²) in [7, 11) is -8.01. The number of nitrogens with one attached hydrogen (secondary N) is 1. The number of sulfonamides is 2. The van der Waals surface area contributed by atoms with Gasteiger partial charge in [0.2, 0.25) is 0 Å². The maximum absolute atomic E-state index is 13.2. The molecule has 11 heteroatoms. The molecule has 0 radical (unpaired) electrons. The number of rotatable bonds is 6. The first-order valence-electron chi connectivity index (χ1n) is 10.1. The third-order valence-electron chi connectivity index (χ3n) is 5.37. The van der Waals surface area contributed by atoms with E-state index in [-0.39, 0.29) is 10.6 Å². The molecule has 0 unspecified atom stereocenters. The predicted molar refractivity (Wildman–Crippen MR) is 124 cm³/mol. The molecule has 1 heterocycles. The second-order valence-corrected chi connectivity index (χ2v) is 11.2. The van der Waals surface area contributed by atoms with Crippen LogP contribution in [-0.4, -0.2) is 28.3 Å². The molecule has 0 aromatic heterocycles. The van der Waals surface area contributed by atoms with E-state index in [0.29, 0.717) is 30.6 Å². The summed E-state index contributed by atoms with van der Waals surface area (Å²) in [6.45, 7) is 2.18. The van der Waals surface area contributed by atoms with Crippen LogP contribution in [0, 0.1) is 17.0 Å². The number of benzene rings is 3. The van der Waals surface area contributed by atoms with E-state index >= 15 is 0 Å². The van der Waals surface area contributed by atoms with Crippen molar-refractivity contribution >= 4 is 37.1 Å². The maximum Gasteiger partial charge on any atom is 0.289 e. The quantitative estimate of drug-likeness (QED) is 0.416. The van der Waals surface area contributed by atoms with Crippen LogP contribution in [0.4, 0.5) is 17.1 Å². The summed E-state index contributed by atoms with van der Waals surface area (Å²) in [6.07, 6.45) is 1.13. The smallest absolute Gasteiger partial charge is 0.279 e. The fourth-order valence-electron chi connectivity index (χ4n) is 3.76. The molecule has 3 aromatic carbocycles. The zero-order valence-electron chi connectivity index (χ0n) is 17.6. The summed E-state index contributed by atoms with van der Waals surface area (Å²) < 4.78 is 55.7. The first kappa shape index (κ1) is 22.7. The van der Waals surface area contributed by atoms with E-state index in [1.54, 1.807) is 36.4 Å². The number of aryl methyl sites for hydroxylation is 2. The van der Waals surface area contributed by atoms with Crippen LogP contribution in [-0.2, 0) is 26.5 Å². The summed E-state index contributed by atoms with van der Waals surface area (Å²) >= 11 is 0. The van der Waals surface area contributed by atoms with Crippen LogP contribution in [0.5, 0.6) is 0 Å². The molecule has 0 aliphatic carbocycles. The maximum atomic E-state index is 13.2. The van der Waals surface area contributed by atoms with Crippen LogP contribution in [0.15, 0.2) is 76.5 Å². The Kier molecular flexibility index (Phi) is 5.85. The van der Waals surface area contributed by atoms with Gasteiger partial charge in [-0.2, -0.15) is 0 Å². The van der Waals surface area contributed by atoms with Crippen molar-refractivity contribution in [3.63, 3.8) is 0 Å². The van der Waals surface area contributed by atoms with Crippen molar-refractivity contribution in [2.45, 2.75) is 29.6 Å². The average Bonchev–Trinajstić information content (AvgIpc) is 2.78. The highest BCUT2D eigenvalue weighted by atomic mass is 32.2. The second-order valence-electron chi connectivity index (χ2n) is 7.67. The summed E-state index contributed by atoms with van der Waals surface area (Å²) in [6, 6.07) is 16.2. The van der Waals surface area contributed by atoms with Gasteiger partial charge in [-0.25, -0.2) is 16.8 Å². The standard InChI is InChI=1S/C22H21N3O6S2/c1-16-8-11-19(12-9-16)33(30,31)24-14-4-5-17-15-18(10-13-20(17)24)23-32(28,29)22-7-3-2-6-21(22)25(26)27/h2-3,6-13,15,23H,4-5,14H2,1H3. The van der Waals surface area contributed by atoms with E-state index in [1.807, 2.05) is 6.92 Å². The summed E-state index contributed by atoms with van der Waals surface area (Å²) in [5, 5.41) is 11.2. The fourth-order valence-corrected chi connectivity index (χ4v) is 6.52. The molecule has 0 atom stereocenters. The van der Waals surface area contributed by atoms with Gasteiger partial charge in [0.1, 0.15) is 0 Å². The molecule has 1 N–H and O–H groups in total. The van der Waals surface area contributed by atoms with Gasteiger partial charge in [-0.15, -0.1) is 0 Å². The lowest BCUT2D eigenvalue weighted by Crippen LogP contribution is -2.35. The Bertz CT molecular complexity index is 1440. The van der Waals surface area contributed by atoms with E-state index < -0.39 is 35.6 Å². The number of anilines is 2. The van der Waals surface area contributed by atoms with Crippen LogP contribution in [0.1, 0.15) is 17.5 Å². The molecule has 172 valence electrons. The zero-order chi connectivity index (χ0) is 23.8. The Morgan fingerprint density at radius 2 is 1.67 bits per heavy atom. The third kappa shape index (κ3) is 4.41. The SMILES string of the molecule is Cc1ccc(S(=O)(=O)N2CCCc3cc(NS(=O)(=O)c4ccccc4[N+](=O)[O-])ccc32)cc1. The molecular formula is C22H21N3O6S2. The molecule has 0 spiro atoms. The molecule has 3 aromatic rings.